The molecule has 0 aliphatic rings. The number of hydrogen-bond donors (Lipinski definition) is 1. The second-order valence-electron chi connectivity index (χ2n) is 6.34. The molecule has 1 N–H and O–H groups in total. The third-order valence-electron chi connectivity index (χ3n) is 4.34. The largest absolute Gasteiger partial charge is 0.433 e. The lowest BCUT2D eigenvalue weighted by molar-refractivity contribution is -0.142. The van der Waals surface area contributed by atoms with Crippen molar-refractivity contribution in [3.63, 3.8) is 0 Å². The summed E-state index contributed by atoms with van der Waals surface area (Å²) in [5, 5.41) is 13.8. The van der Waals surface area contributed by atoms with Crippen molar-refractivity contribution in [2.75, 3.05) is 31.7 Å². The molecule has 0 amide bonds. The molecule has 0 spiro atoms. The van der Waals surface area contributed by atoms with Crippen LogP contribution in [-0.2, 0) is 17.5 Å². The first kappa shape index (κ1) is 21.4. The molecule has 0 aliphatic heterocycles. The topological polar surface area (TPSA) is 62.9 Å². The highest BCUT2D eigenvalue weighted by Crippen LogP contribution is 2.36. The number of fused-ring (bicyclic) bond motifs is 1. The van der Waals surface area contributed by atoms with Gasteiger partial charge < -0.3 is 14.7 Å². The second kappa shape index (κ2) is 8.56. The Morgan fingerprint density at radius 1 is 1.24 bits per heavy atom. The van der Waals surface area contributed by atoms with Crippen molar-refractivity contribution in [3.8, 4) is 11.1 Å². The third-order valence-corrected chi connectivity index (χ3v) is 4.59. The minimum absolute atomic E-state index is 0.0386. The van der Waals surface area contributed by atoms with Crippen LogP contribution in [0.1, 0.15) is 18.3 Å². The van der Waals surface area contributed by atoms with Crippen LogP contribution in [0.2, 0.25) is 5.02 Å². The number of likely N-dealkylation sites (N-methyl/N-ethyl adjacent to an activating group) is 1. The lowest BCUT2D eigenvalue weighted by Gasteiger charge is -2.19. The van der Waals surface area contributed by atoms with Crippen molar-refractivity contribution in [1.82, 2.24) is 14.6 Å². The van der Waals surface area contributed by atoms with Crippen molar-refractivity contribution >= 4 is 23.1 Å². The summed E-state index contributed by atoms with van der Waals surface area (Å²) in [4.78, 5) is 5.88. The molecular formula is C19H20ClF3N4O2. The summed E-state index contributed by atoms with van der Waals surface area (Å²) in [6.07, 6.45) is -4.65. The zero-order valence-corrected chi connectivity index (χ0v) is 16.6. The van der Waals surface area contributed by atoms with E-state index in [4.69, 9.17) is 21.4 Å². The molecule has 0 saturated heterocycles. The molecular weight excluding hydrogens is 409 g/mol. The van der Waals surface area contributed by atoms with E-state index >= 15 is 0 Å². The van der Waals surface area contributed by atoms with Gasteiger partial charge in [0, 0.05) is 31.3 Å². The van der Waals surface area contributed by atoms with Crippen LogP contribution in [0, 0.1) is 0 Å². The maximum Gasteiger partial charge on any atom is 0.433 e. The molecule has 0 fully saturated rings. The monoisotopic (exact) mass is 428 g/mol. The van der Waals surface area contributed by atoms with Crippen LogP contribution >= 0.6 is 11.6 Å². The van der Waals surface area contributed by atoms with E-state index in [-0.39, 0.29) is 31.2 Å². The Kier molecular flexibility index (Phi) is 6.30. The van der Waals surface area contributed by atoms with Crippen molar-refractivity contribution in [1.29, 1.82) is 0 Å². The average molecular weight is 429 g/mol. The number of halogens is 4. The maximum atomic E-state index is 13.8. The minimum Gasteiger partial charge on any atom is -0.395 e. The number of rotatable bonds is 7. The van der Waals surface area contributed by atoms with E-state index in [9.17, 15) is 13.2 Å². The highest BCUT2D eigenvalue weighted by molar-refractivity contribution is 6.30. The third kappa shape index (κ3) is 4.47. The molecule has 3 rings (SSSR count). The minimum atomic E-state index is -4.65. The number of nitrogens with zero attached hydrogens (tertiary/aromatic N) is 4. The Labute approximate surface area is 170 Å². The molecule has 0 atom stereocenters. The fourth-order valence-electron chi connectivity index (χ4n) is 2.92. The molecule has 2 heterocycles. The summed E-state index contributed by atoms with van der Waals surface area (Å²) < 4.78 is 47.6. The Bertz CT molecular complexity index is 990. The SMILES string of the molecule is CCOCc1nn2c(C(F)(F)F)cc(N(C)CCO)nc2c1-c1ccc(Cl)cc1. The Hall–Kier alpha value is -2.36. The first-order chi connectivity index (χ1) is 13.8. The van der Waals surface area contributed by atoms with Crippen LogP contribution in [-0.4, -0.2) is 46.5 Å². The second-order valence-corrected chi connectivity index (χ2v) is 6.78. The summed E-state index contributed by atoms with van der Waals surface area (Å²) in [6, 6.07) is 7.63. The van der Waals surface area contributed by atoms with Gasteiger partial charge in [0.25, 0.3) is 0 Å². The van der Waals surface area contributed by atoms with Gasteiger partial charge in [-0.05, 0) is 24.6 Å². The number of aromatic nitrogens is 3. The van der Waals surface area contributed by atoms with Crippen molar-refractivity contribution in [2.24, 2.45) is 0 Å². The standard InChI is InChI=1S/C19H20ClF3N4O2/c1-3-29-11-14-17(12-4-6-13(20)7-5-12)18-24-16(26(2)8-9-28)10-15(19(21,22)23)27(18)25-14/h4-7,10,28H,3,8-9,11H2,1-2H3. The molecule has 10 heteroatoms. The van der Waals surface area contributed by atoms with Gasteiger partial charge in [0.05, 0.1) is 24.5 Å². The Morgan fingerprint density at radius 3 is 2.52 bits per heavy atom. The van der Waals surface area contributed by atoms with Gasteiger partial charge in [-0.3, -0.25) is 0 Å². The normalized spacial score (nSPS) is 12.0. The van der Waals surface area contributed by atoms with Gasteiger partial charge in [0.15, 0.2) is 11.3 Å². The number of aliphatic hydroxyl groups excluding tert-OH is 1. The summed E-state index contributed by atoms with van der Waals surface area (Å²) in [7, 11) is 1.56. The van der Waals surface area contributed by atoms with Crippen molar-refractivity contribution < 1.29 is 23.0 Å². The molecule has 2 aromatic heterocycles. The van der Waals surface area contributed by atoms with E-state index in [2.05, 4.69) is 10.1 Å². The van der Waals surface area contributed by atoms with E-state index in [1.54, 1.807) is 38.2 Å². The number of aliphatic hydroxyl groups is 1. The van der Waals surface area contributed by atoms with Gasteiger partial charge in [0.1, 0.15) is 5.82 Å². The van der Waals surface area contributed by atoms with Crippen molar-refractivity contribution in [3.05, 3.63) is 46.7 Å². The van der Waals surface area contributed by atoms with Gasteiger partial charge in [-0.25, -0.2) is 9.50 Å². The highest BCUT2D eigenvalue weighted by Gasteiger charge is 2.36. The smallest absolute Gasteiger partial charge is 0.395 e. The number of hydrogen-bond acceptors (Lipinski definition) is 5. The average Bonchev–Trinajstić information content (AvgIpc) is 3.03. The van der Waals surface area contributed by atoms with Crippen LogP contribution in [0.5, 0.6) is 0 Å². The molecule has 1 aromatic carbocycles. The fraction of sp³-hybridized carbons (Fsp3) is 0.368. The van der Waals surface area contributed by atoms with Gasteiger partial charge in [-0.1, -0.05) is 23.7 Å². The molecule has 156 valence electrons. The maximum absolute atomic E-state index is 13.8. The number of ether oxygens (including phenoxy) is 1. The lowest BCUT2D eigenvalue weighted by atomic mass is 10.1. The van der Waals surface area contributed by atoms with Crippen LogP contribution < -0.4 is 4.90 Å². The highest BCUT2D eigenvalue weighted by atomic mass is 35.5. The zero-order chi connectivity index (χ0) is 21.2. The van der Waals surface area contributed by atoms with Gasteiger partial charge in [-0.2, -0.15) is 18.3 Å². The summed E-state index contributed by atoms with van der Waals surface area (Å²) in [5.41, 5.74) is 0.507. The van der Waals surface area contributed by atoms with E-state index in [0.29, 0.717) is 28.5 Å². The first-order valence-corrected chi connectivity index (χ1v) is 9.29. The molecule has 3 aromatic rings. The molecule has 6 nitrogen and oxygen atoms in total. The summed E-state index contributed by atoms with van der Waals surface area (Å²) in [6.45, 7) is 2.13. The Balaban J connectivity index is 2.32. The molecule has 29 heavy (non-hydrogen) atoms. The van der Waals surface area contributed by atoms with Crippen molar-refractivity contribution in [2.45, 2.75) is 19.7 Å². The predicted octanol–water partition coefficient (Wildman–Crippen LogP) is 4.03. The van der Waals surface area contributed by atoms with Crippen LogP contribution in [0.15, 0.2) is 30.3 Å². The predicted molar refractivity (Wildman–Crippen MR) is 104 cm³/mol. The fourth-order valence-corrected chi connectivity index (χ4v) is 3.05. The zero-order valence-electron chi connectivity index (χ0n) is 15.9. The molecule has 0 aliphatic carbocycles. The van der Waals surface area contributed by atoms with Gasteiger partial charge >= 0.3 is 6.18 Å². The Morgan fingerprint density at radius 2 is 1.93 bits per heavy atom. The molecule has 0 unspecified atom stereocenters. The molecule has 0 saturated carbocycles. The van der Waals surface area contributed by atoms with Crippen LogP contribution in [0.3, 0.4) is 0 Å². The van der Waals surface area contributed by atoms with Gasteiger partial charge in [-0.15, -0.1) is 0 Å². The quantitative estimate of drug-likeness (QED) is 0.615. The van der Waals surface area contributed by atoms with E-state index in [0.717, 1.165) is 10.6 Å². The molecule has 0 bridgehead atoms. The van der Waals surface area contributed by atoms with E-state index < -0.39 is 11.9 Å². The summed E-state index contributed by atoms with van der Waals surface area (Å²) in [5.74, 6) is 0.0805. The number of benzene rings is 1. The van der Waals surface area contributed by atoms with Crippen LogP contribution in [0.4, 0.5) is 19.0 Å². The summed E-state index contributed by atoms with van der Waals surface area (Å²) >= 11 is 5.96. The van der Waals surface area contributed by atoms with Crippen LogP contribution in [0.25, 0.3) is 16.8 Å². The van der Waals surface area contributed by atoms with E-state index in [1.165, 1.54) is 4.90 Å². The lowest BCUT2D eigenvalue weighted by Crippen LogP contribution is -2.24. The van der Waals surface area contributed by atoms with E-state index in [1.807, 2.05) is 0 Å². The number of anilines is 1. The molecule has 0 radical (unpaired) electrons. The number of alkyl halides is 3. The first-order valence-electron chi connectivity index (χ1n) is 8.91. The van der Waals surface area contributed by atoms with Gasteiger partial charge in [0.2, 0.25) is 0 Å².